The highest BCUT2D eigenvalue weighted by Gasteiger charge is 2.47. The number of carbonyl (C=O) groups excluding carboxylic acids is 1. The first-order chi connectivity index (χ1) is 13.7. The van der Waals surface area contributed by atoms with Crippen LogP contribution in [0, 0.1) is 0 Å². The summed E-state index contributed by atoms with van der Waals surface area (Å²) in [5.74, 6) is 2.52. The van der Waals surface area contributed by atoms with E-state index in [9.17, 15) is 4.79 Å². The van der Waals surface area contributed by atoms with Crippen LogP contribution >= 0.6 is 0 Å². The van der Waals surface area contributed by atoms with Gasteiger partial charge < -0.3 is 24.6 Å². The number of ether oxygens (including phenoxy) is 2. The van der Waals surface area contributed by atoms with Gasteiger partial charge in [-0.1, -0.05) is 12.1 Å². The van der Waals surface area contributed by atoms with Crippen molar-refractivity contribution in [1.29, 1.82) is 0 Å². The minimum absolute atomic E-state index is 0.00746. The molecule has 3 heterocycles. The quantitative estimate of drug-likeness (QED) is 0.886. The van der Waals surface area contributed by atoms with Crippen LogP contribution in [0.25, 0.3) is 0 Å². The average molecular weight is 380 g/mol. The first-order valence-corrected chi connectivity index (χ1v) is 9.87. The van der Waals surface area contributed by atoms with Crippen LogP contribution in [0.5, 0.6) is 11.5 Å². The summed E-state index contributed by atoms with van der Waals surface area (Å²) < 4.78 is 11.3. The molecule has 0 unspecified atom stereocenters. The van der Waals surface area contributed by atoms with E-state index in [1.807, 2.05) is 41.3 Å². The molecular weight excluding hydrogens is 356 g/mol. The Morgan fingerprint density at radius 3 is 2.50 bits per heavy atom. The van der Waals surface area contributed by atoms with Crippen molar-refractivity contribution in [3.63, 3.8) is 0 Å². The lowest BCUT2D eigenvalue weighted by molar-refractivity contribution is 0.171. The summed E-state index contributed by atoms with van der Waals surface area (Å²) in [7, 11) is 0. The summed E-state index contributed by atoms with van der Waals surface area (Å²) in [5, 5.41) is 3.27. The van der Waals surface area contributed by atoms with E-state index in [4.69, 9.17) is 9.47 Å². The number of nitrogens with zero attached hydrogens (tertiary/aromatic N) is 3. The number of urea groups is 1. The van der Waals surface area contributed by atoms with E-state index in [2.05, 4.69) is 15.2 Å². The van der Waals surface area contributed by atoms with E-state index in [1.54, 1.807) is 6.20 Å². The molecule has 0 spiro atoms. The third-order valence-electron chi connectivity index (χ3n) is 5.73. The molecule has 0 radical (unpaired) electrons. The Morgan fingerprint density at radius 2 is 1.79 bits per heavy atom. The Balaban J connectivity index is 1.22. The van der Waals surface area contributed by atoms with Gasteiger partial charge in [-0.3, -0.25) is 0 Å². The van der Waals surface area contributed by atoms with Gasteiger partial charge in [0.1, 0.15) is 19.0 Å². The zero-order chi connectivity index (χ0) is 19.0. The van der Waals surface area contributed by atoms with E-state index in [1.165, 1.54) is 0 Å². The minimum Gasteiger partial charge on any atom is -0.486 e. The van der Waals surface area contributed by atoms with Gasteiger partial charge in [-0.2, -0.15) is 0 Å². The van der Waals surface area contributed by atoms with Crippen LogP contribution in [0.15, 0.2) is 42.6 Å². The fourth-order valence-corrected chi connectivity index (χ4v) is 3.92. The van der Waals surface area contributed by atoms with Gasteiger partial charge in [-0.15, -0.1) is 0 Å². The summed E-state index contributed by atoms with van der Waals surface area (Å²) >= 11 is 0. The molecule has 5 rings (SSSR count). The molecule has 2 aliphatic heterocycles. The summed E-state index contributed by atoms with van der Waals surface area (Å²) in [6, 6.07) is 11.9. The van der Waals surface area contributed by atoms with Crippen LogP contribution in [-0.2, 0) is 5.54 Å². The summed E-state index contributed by atoms with van der Waals surface area (Å²) in [6.45, 7) is 4.12. The van der Waals surface area contributed by atoms with Crippen molar-refractivity contribution in [2.75, 3.05) is 44.3 Å². The highest BCUT2D eigenvalue weighted by atomic mass is 16.6. The van der Waals surface area contributed by atoms with Gasteiger partial charge in [0.05, 0.1) is 5.54 Å². The molecule has 1 aliphatic carbocycles. The highest BCUT2D eigenvalue weighted by Crippen LogP contribution is 2.48. The molecule has 1 N–H and O–H groups in total. The number of benzene rings is 1. The van der Waals surface area contributed by atoms with Crippen molar-refractivity contribution >= 4 is 11.8 Å². The summed E-state index contributed by atoms with van der Waals surface area (Å²) in [6.07, 6.45) is 3.71. The molecule has 0 atom stereocenters. The minimum atomic E-state index is -0.273. The van der Waals surface area contributed by atoms with Crippen LogP contribution in [0.1, 0.15) is 18.4 Å². The molecule has 7 nitrogen and oxygen atoms in total. The lowest BCUT2D eigenvalue weighted by Crippen LogP contribution is -2.53. The maximum absolute atomic E-state index is 12.9. The predicted molar refractivity (Wildman–Crippen MR) is 105 cm³/mol. The summed E-state index contributed by atoms with van der Waals surface area (Å²) in [5.41, 5.74) is 0.822. The number of hydrogen-bond donors (Lipinski definition) is 1. The van der Waals surface area contributed by atoms with Crippen LogP contribution < -0.4 is 19.7 Å². The van der Waals surface area contributed by atoms with Crippen LogP contribution in [-0.4, -0.2) is 55.3 Å². The van der Waals surface area contributed by atoms with Crippen molar-refractivity contribution in [3.05, 3.63) is 48.2 Å². The highest BCUT2D eigenvalue weighted by molar-refractivity contribution is 5.76. The molecule has 146 valence electrons. The van der Waals surface area contributed by atoms with E-state index in [0.717, 1.165) is 48.8 Å². The zero-order valence-electron chi connectivity index (χ0n) is 15.8. The SMILES string of the molecule is O=C(NC1(c2ccc3c(c2)OCCO3)CC1)N1CCN(c2ccccn2)CC1. The number of anilines is 1. The van der Waals surface area contributed by atoms with Gasteiger partial charge in [0, 0.05) is 32.4 Å². The van der Waals surface area contributed by atoms with Crippen molar-refractivity contribution < 1.29 is 14.3 Å². The van der Waals surface area contributed by atoms with Crippen LogP contribution in [0.3, 0.4) is 0 Å². The number of pyridine rings is 1. The molecule has 2 fully saturated rings. The van der Waals surface area contributed by atoms with E-state index < -0.39 is 0 Å². The van der Waals surface area contributed by atoms with Crippen LogP contribution in [0.2, 0.25) is 0 Å². The number of nitrogens with one attached hydrogen (secondary N) is 1. The topological polar surface area (TPSA) is 66.9 Å². The average Bonchev–Trinajstić information content (AvgIpc) is 3.55. The lowest BCUT2D eigenvalue weighted by Gasteiger charge is -2.36. The second kappa shape index (κ2) is 6.89. The molecule has 7 heteroatoms. The Kier molecular flexibility index (Phi) is 4.22. The predicted octanol–water partition coefficient (Wildman–Crippen LogP) is 2.37. The Hall–Kier alpha value is -2.96. The fraction of sp³-hybridized carbons (Fsp3) is 0.429. The zero-order valence-corrected chi connectivity index (χ0v) is 15.8. The maximum atomic E-state index is 12.9. The standard InChI is InChI=1S/C21H24N4O3/c26-20(25-11-9-24(10-12-25)19-3-1-2-8-22-19)23-21(6-7-21)16-4-5-17-18(15-16)28-14-13-27-17/h1-5,8,15H,6-7,9-14H2,(H,23,26). The van der Waals surface area contributed by atoms with Gasteiger partial charge in [-0.25, -0.2) is 9.78 Å². The molecule has 1 saturated heterocycles. The lowest BCUT2D eigenvalue weighted by atomic mass is 10.0. The van der Waals surface area contributed by atoms with Gasteiger partial charge in [0.25, 0.3) is 0 Å². The molecule has 2 aromatic rings. The maximum Gasteiger partial charge on any atom is 0.318 e. The molecule has 1 saturated carbocycles. The number of fused-ring (bicyclic) bond motifs is 1. The molecule has 1 aromatic carbocycles. The molecule has 28 heavy (non-hydrogen) atoms. The molecule has 0 bridgehead atoms. The third-order valence-corrected chi connectivity index (χ3v) is 5.73. The third kappa shape index (κ3) is 3.21. The summed E-state index contributed by atoms with van der Waals surface area (Å²) in [4.78, 5) is 21.4. The molecule has 1 aromatic heterocycles. The molecule has 3 aliphatic rings. The Bertz CT molecular complexity index is 861. The number of hydrogen-bond acceptors (Lipinski definition) is 5. The van der Waals surface area contributed by atoms with Gasteiger partial charge in [0.2, 0.25) is 0 Å². The number of carbonyl (C=O) groups is 1. The number of amides is 2. The number of piperazine rings is 1. The smallest absolute Gasteiger partial charge is 0.318 e. The van der Waals surface area contributed by atoms with E-state index in [0.29, 0.717) is 26.3 Å². The van der Waals surface area contributed by atoms with Crippen molar-refractivity contribution in [3.8, 4) is 11.5 Å². The fourth-order valence-electron chi connectivity index (χ4n) is 3.92. The molecule has 2 amide bonds. The van der Waals surface area contributed by atoms with E-state index in [-0.39, 0.29) is 11.6 Å². The largest absolute Gasteiger partial charge is 0.486 e. The van der Waals surface area contributed by atoms with Gasteiger partial charge in [0.15, 0.2) is 11.5 Å². The van der Waals surface area contributed by atoms with E-state index >= 15 is 0 Å². The van der Waals surface area contributed by atoms with Gasteiger partial charge in [-0.05, 0) is 42.7 Å². The Morgan fingerprint density at radius 1 is 1.00 bits per heavy atom. The Labute approximate surface area is 164 Å². The number of rotatable bonds is 3. The normalized spacial score (nSPS) is 19.9. The second-order valence-electron chi connectivity index (χ2n) is 7.53. The number of aromatic nitrogens is 1. The van der Waals surface area contributed by atoms with Crippen molar-refractivity contribution in [2.45, 2.75) is 18.4 Å². The molecular formula is C21H24N4O3. The second-order valence-corrected chi connectivity index (χ2v) is 7.53. The van der Waals surface area contributed by atoms with Crippen molar-refractivity contribution in [1.82, 2.24) is 15.2 Å². The van der Waals surface area contributed by atoms with Crippen LogP contribution in [0.4, 0.5) is 10.6 Å². The van der Waals surface area contributed by atoms with Gasteiger partial charge >= 0.3 is 6.03 Å². The van der Waals surface area contributed by atoms with Crippen molar-refractivity contribution in [2.24, 2.45) is 0 Å². The first-order valence-electron chi connectivity index (χ1n) is 9.87. The first kappa shape index (κ1) is 17.2. The monoisotopic (exact) mass is 380 g/mol.